The van der Waals surface area contributed by atoms with Gasteiger partial charge in [-0.1, -0.05) is 13.8 Å². The Morgan fingerprint density at radius 3 is 2.88 bits per heavy atom. The lowest BCUT2D eigenvalue weighted by atomic mass is 10.0. The second kappa shape index (κ2) is 6.79. The summed E-state index contributed by atoms with van der Waals surface area (Å²) in [7, 11) is 0. The topological polar surface area (TPSA) is 93.5 Å². The summed E-state index contributed by atoms with van der Waals surface area (Å²) in [4.78, 5) is 9.15. The molecule has 3 aromatic rings. The fraction of sp³-hybridized carbons (Fsp3) is 0.529. The van der Waals surface area contributed by atoms with E-state index in [0.29, 0.717) is 17.7 Å². The van der Waals surface area contributed by atoms with E-state index in [4.69, 9.17) is 9.72 Å². The zero-order chi connectivity index (χ0) is 17.2. The molecule has 4 rings (SSSR count). The van der Waals surface area contributed by atoms with E-state index in [1.54, 1.807) is 12.4 Å². The normalized spacial score (nSPS) is 16.0. The van der Waals surface area contributed by atoms with E-state index in [-0.39, 0.29) is 0 Å². The van der Waals surface area contributed by atoms with Gasteiger partial charge in [0.25, 0.3) is 0 Å². The maximum Gasteiger partial charge on any atom is 0.178 e. The Kier molecular flexibility index (Phi) is 4.35. The molecule has 0 atom stereocenters. The number of nitrogens with one attached hydrogen (secondary N) is 2. The molecule has 1 aliphatic rings. The minimum Gasteiger partial charge on any atom is -0.381 e. The van der Waals surface area contributed by atoms with Gasteiger partial charge >= 0.3 is 0 Å². The second-order valence-corrected chi connectivity index (χ2v) is 6.83. The van der Waals surface area contributed by atoms with Crippen molar-refractivity contribution in [1.82, 2.24) is 29.9 Å². The lowest BCUT2D eigenvalue weighted by molar-refractivity contribution is 0.0605. The maximum atomic E-state index is 5.43. The summed E-state index contributed by atoms with van der Waals surface area (Å²) in [5, 5.41) is 15.0. The first-order valence-corrected chi connectivity index (χ1v) is 8.77. The number of aromatic amines is 1. The molecule has 1 aliphatic heterocycles. The first-order valence-electron chi connectivity index (χ1n) is 8.77. The lowest BCUT2D eigenvalue weighted by Gasteiger charge is -2.21. The van der Waals surface area contributed by atoms with Crippen molar-refractivity contribution in [2.75, 3.05) is 18.5 Å². The molecule has 132 valence electrons. The molecule has 0 radical (unpaired) electrons. The number of ether oxygens (including phenoxy) is 1. The molecule has 3 aromatic heterocycles. The highest BCUT2D eigenvalue weighted by Crippen LogP contribution is 2.21. The van der Waals surface area contributed by atoms with Crippen molar-refractivity contribution >= 4 is 22.8 Å². The SMILES string of the molecule is CC(C)c1cc(Nc2cnc3cnn(CC4CCOCC4)c3n2)n[nH]1. The van der Waals surface area contributed by atoms with Crippen molar-refractivity contribution in [1.29, 1.82) is 0 Å². The van der Waals surface area contributed by atoms with Gasteiger partial charge in [-0.25, -0.2) is 14.6 Å². The van der Waals surface area contributed by atoms with Crippen LogP contribution in [0, 0.1) is 5.92 Å². The molecular formula is C17H23N7O. The molecule has 25 heavy (non-hydrogen) atoms. The average Bonchev–Trinajstić information content (AvgIpc) is 3.24. The lowest BCUT2D eigenvalue weighted by Crippen LogP contribution is -2.21. The molecule has 1 fully saturated rings. The van der Waals surface area contributed by atoms with Crippen molar-refractivity contribution in [2.45, 2.75) is 39.2 Å². The fourth-order valence-corrected chi connectivity index (χ4v) is 3.04. The molecule has 0 bridgehead atoms. The van der Waals surface area contributed by atoms with Crippen LogP contribution in [-0.4, -0.2) is 43.2 Å². The van der Waals surface area contributed by atoms with Gasteiger partial charge in [0.15, 0.2) is 17.3 Å². The van der Waals surface area contributed by atoms with Crippen LogP contribution in [0.4, 0.5) is 11.6 Å². The van der Waals surface area contributed by atoms with E-state index >= 15 is 0 Å². The monoisotopic (exact) mass is 341 g/mol. The summed E-state index contributed by atoms with van der Waals surface area (Å²) >= 11 is 0. The molecule has 0 saturated carbocycles. The standard InChI is InChI=1S/C17H23N7O/c1-11(2)13-7-15(23-22-13)20-16-9-18-14-8-19-24(17(14)21-16)10-12-3-5-25-6-4-12/h7-9,11-12H,3-6,10H2,1-2H3,(H2,20,21,22,23). The minimum atomic E-state index is 0.400. The molecular weight excluding hydrogens is 318 g/mol. The Bertz CT molecular complexity index is 848. The van der Waals surface area contributed by atoms with Crippen molar-refractivity contribution in [3.63, 3.8) is 0 Å². The minimum absolute atomic E-state index is 0.400. The number of H-pyrrole nitrogens is 1. The van der Waals surface area contributed by atoms with E-state index in [1.807, 2.05) is 10.7 Å². The number of fused-ring (bicyclic) bond motifs is 1. The molecule has 0 amide bonds. The zero-order valence-corrected chi connectivity index (χ0v) is 14.6. The number of nitrogens with zero attached hydrogens (tertiary/aromatic N) is 5. The molecule has 8 heteroatoms. The average molecular weight is 341 g/mol. The third kappa shape index (κ3) is 3.48. The Morgan fingerprint density at radius 1 is 1.28 bits per heavy atom. The summed E-state index contributed by atoms with van der Waals surface area (Å²) in [5.74, 6) is 2.39. The predicted molar refractivity (Wildman–Crippen MR) is 94.8 cm³/mol. The van der Waals surface area contributed by atoms with E-state index in [9.17, 15) is 0 Å². The van der Waals surface area contributed by atoms with Crippen LogP contribution in [0.25, 0.3) is 11.2 Å². The Labute approximate surface area is 146 Å². The first-order chi connectivity index (χ1) is 12.2. The molecule has 0 unspecified atom stereocenters. The number of anilines is 2. The molecule has 0 aromatic carbocycles. The van der Waals surface area contributed by atoms with Crippen molar-refractivity contribution in [3.05, 3.63) is 24.2 Å². The summed E-state index contributed by atoms with van der Waals surface area (Å²) in [5.41, 5.74) is 2.69. The third-order valence-corrected chi connectivity index (χ3v) is 4.59. The van der Waals surface area contributed by atoms with Crippen molar-refractivity contribution < 1.29 is 4.74 Å². The molecule has 8 nitrogen and oxygen atoms in total. The fourth-order valence-electron chi connectivity index (χ4n) is 3.04. The van der Waals surface area contributed by atoms with Crippen LogP contribution in [0.3, 0.4) is 0 Å². The highest BCUT2D eigenvalue weighted by atomic mass is 16.5. The number of rotatable bonds is 5. The van der Waals surface area contributed by atoms with Crippen molar-refractivity contribution in [3.8, 4) is 0 Å². The van der Waals surface area contributed by atoms with Gasteiger partial charge in [0, 0.05) is 31.5 Å². The van der Waals surface area contributed by atoms with Crippen LogP contribution in [-0.2, 0) is 11.3 Å². The van der Waals surface area contributed by atoms with Gasteiger partial charge in [-0.15, -0.1) is 0 Å². The predicted octanol–water partition coefficient (Wildman–Crippen LogP) is 2.84. The van der Waals surface area contributed by atoms with Gasteiger partial charge in [-0.05, 0) is 24.7 Å². The summed E-state index contributed by atoms with van der Waals surface area (Å²) in [6.07, 6.45) is 5.62. The van der Waals surface area contributed by atoms with Crippen LogP contribution in [0.1, 0.15) is 38.3 Å². The smallest absolute Gasteiger partial charge is 0.178 e. The van der Waals surface area contributed by atoms with E-state index < -0.39 is 0 Å². The number of hydrogen-bond acceptors (Lipinski definition) is 6. The Hall–Kier alpha value is -2.48. The maximum absolute atomic E-state index is 5.43. The summed E-state index contributed by atoms with van der Waals surface area (Å²) in [6, 6.07) is 2.00. The van der Waals surface area contributed by atoms with E-state index in [0.717, 1.165) is 55.3 Å². The molecule has 0 spiro atoms. The van der Waals surface area contributed by atoms with Gasteiger partial charge < -0.3 is 10.1 Å². The van der Waals surface area contributed by atoms with Gasteiger partial charge in [-0.3, -0.25) is 5.10 Å². The first kappa shape index (κ1) is 16.0. The quantitative estimate of drug-likeness (QED) is 0.741. The number of aromatic nitrogens is 6. The highest BCUT2D eigenvalue weighted by molar-refractivity contribution is 5.71. The summed E-state index contributed by atoms with van der Waals surface area (Å²) < 4.78 is 7.39. The Morgan fingerprint density at radius 2 is 2.12 bits per heavy atom. The molecule has 4 heterocycles. The van der Waals surface area contributed by atoms with Gasteiger partial charge in [0.1, 0.15) is 5.52 Å². The van der Waals surface area contributed by atoms with Gasteiger partial charge in [0.05, 0.1) is 12.4 Å². The zero-order valence-electron chi connectivity index (χ0n) is 14.6. The second-order valence-electron chi connectivity index (χ2n) is 6.83. The molecule has 2 N–H and O–H groups in total. The van der Waals surface area contributed by atoms with Crippen LogP contribution in [0.15, 0.2) is 18.5 Å². The van der Waals surface area contributed by atoms with E-state index in [1.165, 1.54) is 0 Å². The highest BCUT2D eigenvalue weighted by Gasteiger charge is 2.17. The Balaban J connectivity index is 1.54. The van der Waals surface area contributed by atoms with Crippen LogP contribution in [0.2, 0.25) is 0 Å². The van der Waals surface area contributed by atoms with Crippen LogP contribution < -0.4 is 5.32 Å². The van der Waals surface area contributed by atoms with Gasteiger partial charge in [0.2, 0.25) is 0 Å². The number of hydrogen-bond donors (Lipinski definition) is 2. The molecule has 0 aliphatic carbocycles. The van der Waals surface area contributed by atoms with Gasteiger partial charge in [-0.2, -0.15) is 10.2 Å². The third-order valence-electron chi connectivity index (χ3n) is 4.59. The van der Waals surface area contributed by atoms with E-state index in [2.05, 4.69) is 39.4 Å². The van der Waals surface area contributed by atoms with Crippen LogP contribution >= 0.6 is 0 Å². The summed E-state index contributed by atoms with van der Waals surface area (Å²) in [6.45, 7) is 6.76. The van der Waals surface area contributed by atoms with Crippen LogP contribution in [0.5, 0.6) is 0 Å². The van der Waals surface area contributed by atoms with Crippen molar-refractivity contribution in [2.24, 2.45) is 5.92 Å². The molecule has 1 saturated heterocycles. The largest absolute Gasteiger partial charge is 0.381 e.